The van der Waals surface area contributed by atoms with E-state index in [4.69, 9.17) is 9.47 Å². The number of carbonyl (C=O) groups is 1. The summed E-state index contributed by atoms with van der Waals surface area (Å²) in [5.74, 6) is 0.960. The average molecular weight is 379 g/mol. The molecule has 0 aliphatic heterocycles. The molecule has 0 aliphatic rings. The first-order valence-corrected chi connectivity index (χ1v) is 8.13. The third-order valence-corrected chi connectivity index (χ3v) is 3.76. The van der Waals surface area contributed by atoms with Crippen molar-refractivity contribution in [2.45, 2.75) is 13.3 Å². The molecule has 0 atom stereocenters. The topological polar surface area (TPSA) is 60.5 Å². The molecular weight excluding hydrogens is 360 g/mol. The van der Waals surface area contributed by atoms with Crippen LogP contribution in [0.25, 0.3) is 0 Å². The highest BCUT2D eigenvalue weighted by Gasteiger charge is 2.15. The molecule has 2 aromatic rings. The highest BCUT2D eigenvalue weighted by atomic mass is 79.9. The first-order chi connectivity index (χ1) is 11.2. The zero-order valence-electron chi connectivity index (χ0n) is 13.1. The van der Waals surface area contributed by atoms with Gasteiger partial charge in [0.15, 0.2) is 11.5 Å². The number of ether oxygens (including phenoxy) is 2. The zero-order valence-corrected chi connectivity index (χ0v) is 14.7. The van der Waals surface area contributed by atoms with Gasteiger partial charge in [0.05, 0.1) is 18.2 Å². The van der Waals surface area contributed by atoms with E-state index in [1.165, 1.54) is 0 Å². The van der Waals surface area contributed by atoms with E-state index in [1.54, 1.807) is 25.4 Å². The highest BCUT2D eigenvalue weighted by Crippen LogP contribution is 2.36. The second-order valence-corrected chi connectivity index (χ2v) is 5.60. The standard InChI is InChI=1S/C17H19BrN2O3/c1-3-23-15-11-12(10-14(18)16(15)22-2)17(21)20-9-7-13-6-4-5-8-19-13/h4-6,8,10-11H,3,7,9H2,1-2H3,(H,20,21). The van der Waals surface area contributed by atoms with Crippen molar-refractivity contribution in [1.82, 2.24) is 10.3 Å². The molecule has 0 spiro atoms. The van der Waals surface area contributed by atoms with Crippen LogP contribution in [-0.4, -0.2) is 31.2 Å². The van der Waals surface area contributed by atoms with Crippen LogP contribution in [-0.2, 0) is 6.42 Å². The molecular formula is C17H19BrN2O3. The van der Waals surface area contributed by atoms with Gasteiger partial charge in [0.25, 0.3) is 5.91 Å². The molecule has 1 aromatic carbocycles. The number of amides is 1. The summed E-state index contributed by atoms with van der Waals surface area (Å²) in [4.78, 5) is 16.5. The van der Waals surface area contributed by atoms with Crippen LogP contribution in [0.5, 0.6) is 11.5 Å². The van der Waals surface area contributed by atoms with Gasteiger partial charge < -0.3 is 14.8 Å². The van der Waals surface area contributed by atoms with Crippen molar-refractivity contribution in [2.75, 3.05) is 20.3 Å². The van der Waals surface area contributed by atoms with Crippen LogP contribution in [0.15, 0.2) is 41.0 Å². The quantitative estimate of drug-likeness (QED) is 0.803. The Hall–Kier alpha value is -2.08. The number of hydrogen-bond donors (Lipinski definition) is 1. The van der Waals surface area contributed by atoms with Crippen LogP contribution in [0.1, 0.15) is 23.0 Å². The Morgan fingerprint density at radius 1 is 1.35 bits per heavy atom. The van der Waals surface area contributed by atoms with E-state index in [-0.39, 0.29) is 5.91 Å². The zero-order chi connectivity index (χ0) is 16.7. The second-order valence-electron chi connectivity index (χ2n) is 4.75. The third-order valence-electron chi connectivity index (χ3n) is 3.17. The number of carbonyl (C=O) groups excluding carboxylic acids is 1. The van der Waals surface area contributed by atoms with Gasteiger partial charge in [0.2, 0.25) is 0 Å². The monoisotopic (exact) mass is 378 g/mol. The minimum absolute atomic E-state index is 0.162. The summed E-state index contributed by atoms with van der Waals surface area (Å²) in [6, 6.07) is 9.13. The Morgan fingerprint density at radius 2 is 2.17 bits per heavy atom. The molecule has 0 saturated carbocycles. The fraction of sp³-hybridized carbons (Fsp3) is 0.294. The van der Waals surface area contributed by atoms with Crippen molar-refractivity contribution in [3.8, 4) is 11.5 Å². The minimum Gasteiger partial charge on any atom is -0.492 e. The van der Waals surface area contributed by atoms with Gasteiger partial charge in [-0.3, -0.25) is 9.78 Å². The Balaban J connectivity index is 2.04. The maximum absolute atomic E-state index is 12.3. The van der Waals surface area contributed by atoms with Gasteiger partial charge in [-0.1, -0.05) is 6.07 Å². The number of methoxy groups -OCH3 is 1. The summed E-state index contributed by atoms with van der Waals surface area (Å²) in [6.45, 7) is 2.89. The molecule has 1 aromatic heterocycles. The van der Waals surface area contributed by atoms with E-state index in [2.05, 4.69) is 26.2 Å². The van der Waals surface area contributed by atoms with Gasteiger partial charge in [-0.15, -0.1) is 0 Å². The largest absolute Gasteiger partial charge is 0.492 e. The highest BCUT2D eigenvalue weighted by molar-refractivity contribution is 9.10. The van der Waals surface area contributed by atoms with Crippen LogP contribution in [0.4, 0.5) is 0 Å². The van der Waals surface area contributed by atoms with Gasteiger partial charge in [0, 0.05) is 30.4 Å². The van der Waals surface area contributed by atoms with E-state index < -0.39 is 0 Å². The molecule has 0 bridgehead atoms. The lowest BCUT2D eigenvalue weighted by Gasteiger charge is -2.13. The van der Waals surface area contributed by atoms with Gasteiger partial charge in [-0.2, -0.15) is 0 Å². The SMILES string of the molecule is CCOc1cc(C(=O)NCCc2ccccn2)cc(Br)c1OC. The summed E-state index contributed by atoms with van der Waals surface area (Å²) in [5, 5.41) is 2.89. The van der Waals surface area contributed by atoms with Crippen molar-refractivity contribution in [3.05, 3.63) is 52.3 Å². The lowest BCUT2D eigenvalue weighted by atomic mass is 10.2. The predicted molar refractivity (Wildman–Crippen MR) is 92.1 cm³/mol. The van der Waals surface area contributed by atoms with Crippen LogP contribution in [0, 0.1) is 0 Å². The summed E-state index contributed by atoms with van der Waals surface area (Å²) < 4.78 is 11.5. The molecule has 0 unspecified atom stereocenters. The molecule has 1 heterocycles. The van der Waals surface area contributed by atoms with E-state index in [0.717, 1.165) is 5.69 Å². The van der Waals surface area contributed by atoms with Gasteiger partial charge in [-0.25, -0.2) is 0 Å². The van der Waals surface area contributed by atoms with E-state index in [0.29, 0.717) is 41.1 Å². The van der Waals surface area contributed by atoms with Crippen molar-refractivity contribution in [2.24, 2.45) is 0 Å². The van der Waals surface area contributed by atoms with Crippen molar-refractivity contribution >= 4 is 21.8 Å². The fourth-order valence-corrected chi connectivity index (χ4v) is 2.72. The number of rotatable bonds is 7. The minimum atomic E-state index is -0.162. The molecule has 23 heavy (non-hydrogen) atoms. The lowest BCUT2D eigenvalue weighted by Crippen LogP contribution is -2.26. The molecule has 0 radical (unpaired) electrons. The van der Waals surface area contributed by atoms with Gasteiger partial charge in [-0.05, 0) is 47.1 Å². The van der Waals surface area contributed by atoms with Gasteiger partial charge >= 0.3 is 0 Å². The summed E-state index contributed by atoms with van der Waals surface area (Å²) in [6.07, 6.45) is 2.42. The predicted octanol–water partition coefficient (Wildman–Crippen LogP) is 3.22. The molecule has 5 nitrogen and oxygen atoms in total. The van der Waals surface area contributed by atoms with Crippen LogP contribution >= 0.6 is 15.9 Å². The van der Waals surface area contributed by atoms with E-state index in [9.17, 15) is 4.79 Å². The summed E-state index contributed by atoms with van der Waals surface area (Å²) in [7, 11) is 1.56. The molecule has 122 valence electrons. The first-order valence-electron chi connectivity index (χ1n) is 7.34. The number of nitrogens with one attached hydrogen (secondary N) is 1. The number of pyridine rings is 1. The second kappa shape index (κ2) is 8.53. The number of hydrogen-bond acceptors (Lipinski definition) is 4. The Morgan fingerprint density at radius 3 is 2.83 bits per heavy atom. The Bertz CT molecular complexity index is 662. The maximum Gasteiger partial charge on any atom is 0.251 e. The van der Waals surface area contributed by atoms with Crippen LogP contribution < -0.4 is 14.8 Å². The van der Waals surface area contributed by atoms with Crippen molar-refractivity contribution in [3.63, 3.8) is 0 Å². The Kier molecular flexibility index (Phi) is 6.40. The molecule has 0 saturated heterocycles. The first kappa shape index (κ1) is 17.3. The molecule has 1 amide bonds. The molecule has 0 fully saturated rings. The molecule has 6 heteroatoms. The molecule has 2 rings (SSSR count). The Labute approximate surface area is 144 Å². The van der Waals surface area contributed by atoms with Gasteiger partial charge in [0.1, 0.15) is 0 Å². The van der Waals surface area contributed by atoms with E-state index >= 15 is 0 Å². The number of halogens is 1. The number of aromatic nitrogens is 1. The van der Waals surface area contributed by atoms with E-state index in [1.807, 2.05) is 25.1 Å². The number of benzene rings is 1. The maximum atomic E-state index is 12.3. The van der Waals surface area contributed by atoms with Crippen LogP contribution in [0.3, 0.4) is 0 Å². The average Bonchev–Trinajstić information content (AvgIpc) is 2.56. The van der Waals surface area contributed by atoms with Crippen molar-refractivity contribution < 1.29 is 14.3 Å². The molecule has 0 aliphatic carbocycles. The van der Waals surface area contributed by atoms with Crippen molar-refractivity contribution in [1.29, 1.82) is 0 Å². The van der Waals surface area contributed by atoms with Crippen LogP contribution in [0.2, 0.25) is 0 Å². The summed E-state index contributed by atoms with van der Waals surface area (Å²) >= 11 is 3.41. The fourth-order valence-electron chi connectivity index (χ4n) is 2.11. The molecule has 1 N–H and O–H groups in total. The summed E-state index contributed by atoms with van der Waals surface area (Å²) in [5.41, 5.74) is 1.46. The smallest absolute Gasteiger partial charge is 0.251 e. The third kappa shape index (κ3) is 4.69. The normalized spacial score (nSPS) is 10.2. The number of nitrogens with zero attached hydrogens (tertiary/aromatic N) is 1. The lowest BCUT2D eigenvalue weighted by molar-refractivity contribution is 0.0953.